The Morgan fingerprint density at radius 2 is 1.68 bits per heavy atom. The lowest BCUT2D eigenvalue weighted by atomic mass is 9.97. The standard InChI is InChI=1S/C30H23F2N3O2/c1-3-16-12-27(33)35-15(2)25(16)14-34-30(36)18-5-8-22-24(11-18)29-23-10-17(4-7-21(23)28(22)37-29)20-9-6-19(31)13-26(20)32/h4-13H,3,14H2,1-2H3,(H2,33,35)(H,34,36). The van der Waals surface area contributed by atoms with Gasteiger partial charge in [0.15, 0.2) is 0 Å². The van der Waals surface area contributed by atoms with E-state index in [-0.39, 0.29) is 5.91 Å². The molecule has 2 bridgehead atoms. The van der Waals surface area contributed by atoms with E-state index in [1.807, 2.05) is 44.2 Å². The minimum Gasteiger partial charge on any atom is -0.455 e. The normalized spacial score (nSPS) is 11.7. The molecule has 6 rings (SSSR count). The summed E-state index contributed by atoms with van der Waals surface area (Å²) in [6.07, 6.45) is 0.787. The van der Waals surface area contributed by atoms with Gasteiger partial charge in [-0.1, -0.05) is 13.0 Å². The highest BCUT2D eigenvalue weighted by atomic mass is 19.1. The molecule has 0 unspecified atom stereocenters. The highest BCUT2D eigenvalue weighted by molar-refractivity contribution is 6.26. The number of nitrogens with two attached hydrogens (primary N) is 1. The van der Waals surface area contributed by atoms with Gasteiger partial charge in [-0.05, 0) is 78.6 Å². The third-order valence-corrected chi connectivity index (χ3v) is 6.98. The lowest BCUT2D eigenvalue weighted by Gasteiger charge is -2.13. The fourth-order valence-electron chi connectivity index (χ4n) is 5.12. The Hall–Kier alpha value is -4.52. The molecule has 0 aliphatic rings. The molecule has 0 spiro atoms. The van der Waals surface area contributed by atoms with Gasteiger partial charge < -0.3 is 15.5 Å². The highest BCUT2D eigenvalue weighted by Crippen LogP contribution is 2.42. The number of carbonyl (C=O) groups excluding carboxylic acids is 1. The summed E-state index contributed by atoms with van der Waals surface area (Å²) < 4.78 is 33.9. The van der Waals surface area contributed by atoms with E-state index in [0.29, 0.717) is 40.2 Å². The molecule has 3 heterocycles. The Balaban J connectivity index is 1.35. The number of nitrogen functional groups attached to an aromatic ring is 1. The number of nitrogens with zero attached hydrogens (tertiary/aromatic N) is 1. The number of anilines is 1. The molecule has 3 aromatic carbocycles. The Bertz CT molecular complexity index is 1840. The van der Waals surface area contributed by atoms with Crippen LogP contribution in [0.5, 0.6) is 0 Å². The van der Waals surface area contributed by atoms with Crippen molar-refractivity contribution in [2.45, 2.75) is 26.8 Å². The number of pyridine rings is 1. The lowest BCUT2D eigenvalue weighted by Crippen LogP contribution is -2.24. The first-order chi connectivity index (χ1) is 17.8. The molecule has 0 aliphatic carbocycles. The van der Waals surface area contributed by atoms with Crippen LogP contribution in [0.2, 0.25) is 0 Å². The maximum atomic E-state index is 14.4. The van der Waals surface area contributed by atoms with Crippen LogP contribution < -0.4 is 11.1 Å². The van der Waals surface area contributed by atoms with E-state index < -0.39 is 11.6 Å². The molecule has 0 radical (unpaired) electrons. The SMILES string of the molecule is CCc1cc(N)nc(C)c1CNC(=O)c1ccc2c(c1)c1oc2c2ccc(-c3ccc(F)cc3F)cc21. The van der Waals surface area contributed by atoms with Crippen molar-refractivity contribution in [2.75, 3.05) is 5.73 Å². The number of hydrogen-bond donors (Lipinski definition) is 2. The first kappa shape index (κ1) is 22.9. The van der Waals surface area contributed by atoms with Crippen LogP contribution in [-0.4, -0.2) is 10.9 Å². The summed E-state index contributed by atoms with van der Waals surface area (Å²) in [6.45, 7) is 4.27. The van der Waals surface area contributed by atoms with Gasteiger partial charge in [-0.15, -0.1) is 0 Å². The molecule has 5 nitrogen and oxygen atoms in total. The van der Waals surface area contributed by atoms with Crippen molar-refractivity contribution in [1.29, 1.82) is 0 Å². The zero-order valence-electron chi connectivity index (χ0n) is 20.3. The molecule has 0 aliphatic heterocycles. The zero-order valence-corrected chi connectivity index (χ0v) is 20.3. The van der Waals surface area contributed by atoms with Gasteiger partial charge in [0.05, 0.1) is 0 Å². The maximum Gasteiger partial charge on any atom is 0.251 e. The molecular weight excluding hydrogens is 472 g/mol. The van der Waals surface area contributed by atoms with Crippen LogP contribution in [0.1, 0.15) is 34.1 Å². The van der Waals surface area contributed by atoms with Gasteiger partial charge in [0.25, 0.3) is 5.91 Å². The number of aryl methyl sites for hydroxylation is 2. The summed E-state index contributed by atoms with van der Waals surface area (Å²) in [6, 6.07) is 16.4. The van der Waals surface area contributed by atoms with Crippen LogP contribution in [0.3, 0.4) is 0 Å². The number of amides is 1. The molecular formula is C30H23F2N3O2. The van der Waals surface area contributed by atoms with E-state index in [9.17, 15) is 13.6 Å². The van der Waals surface area contributed by atoms with Gasteiger partial charge in [-0.2, -0.15) is 0 Å². The average molecular weight is 496 g/mol. The molecule has 0 fully saturated rings. The summed E-state index contributed by atoms with van der Waals surface area (Å²) in [5.41, 5.74) is 11.5. The number of carbonyl (C=O) groups is 1. The maximum absolute atomic E-state index is 14.4. The number of halogens is 2. The van der Waals surface area contributed by atoms with Crippen LogP contribution in [-0.2, 0) is 13.0 Å². The quantitative estimate of drug-likeness (QED) is 0.255. The lowest BCUT2D eigenvalue weighted by molar-refractivity contribution is 0.0951. The van der Waals surface area contributed by atoms with Gasteiger partial charge in [0, 0.05) is 51.0 Å². The van der Waals surface area contributed by atoms with E-state index in [1.54, 1.807) is 12.1 Å². The minimum atomic E-state index is -0.626. The molecule has 7 heteroatoms. The van der Waals surface area contributed by atoms with Crippen LogP contribution in [0, 0.1) is 18.6 Å². The molecule has 0 saturated heterocycles. The largest absolute Gasteiger partial charge is 0.455 e. The zero-order chi connectivity index (χ0) is 25.8. The number of benzene rings is 4. The number of fused-ring (bicyclic) bond motifs is 8. The summed E-state index contributed by atoms with van der Waals surface area (Å²) in [4.78, 5) is 17.4. The second-order valence-corrected chi connectivity index (χ2v) is 9.21. The topological polar surface area (TPSA) is 81.1 Å². The van der Waals surface area contributed by atoms with Crippen LogP contribution in [0.15, 0.2) is 65.1 Å². The van der Waals surface area contributed by atoms with Gasteiger partial charge in [-0.25, -0.2) is 13.8 Å². The smallest absolute Gasteiger partial charge is 0.251 e. The van der Waals surface area contributed by atoms with Crippen molar-refractivity contribution in [1.82, 2.24) is 10.3 Å². The van der Waals surface area contributed by atoms with Crippen LogP contribution in [0.4, 0.5) is 14.6 Å². The molecule has 1 amide bonds. The fraction of sp³-hybridized carbons (Fsp3) is 0.133. The average Bonchev–Trinajstić information content (AvgIpc) is 3.44. The Morgan fingerprint density at radius 3 is 2.43 bits per heavy atom. The van der Waals surface area contributed by atoms with Crippen molar-refractivity contribution in [3.05, 3.63) is 94.7 Å². The first-order valence-corrected chi connectivity index (χ1v) is 12.0. The van der Waals surface area contributed by atoms with Crippen LogP contribution >= 0.6 is 0 Å². The number of rotatable bonds is 5. The molecule has 0 saturated carbocycles. The molecule has 3 N–H and O–H groups in total. The third kappa shape index (κ3) is 3.74. The monoisotopic (exact) mass is 495 g/mol. The molecule has 184 valence electrons. The predicted molar refractivity (Wildman–Crippen MR) is 142 cm³/mol. The van der Waals surface area contributed by atoms with E-state index in [2.05, 4.69) is 10.3 Å². The second kappa shape index (κ2) is 8.55. The number of hydrogen-bond acceptors (Lipinski definition) is 4. The fourth-order valence-corrected chi connectivity index (χ4v) is 5.12. The van der Waals surface area contributed by atoms with E-state index in [1.165, 1.54) is 12.1 Å². The summed E-state index contributed by atoms with van der Waals surface area (Å²) in [5, 5.41) is 6.44. The van der Waals surface area contributed by atoms with Gasteiger partial charge in [0.2, 0.25) is 0 Å². The van der Waals surface area contributed by atoms with E-state index in [0.717, 1.165) is 50.9 Å². The number of furan rings is 2. The summed E-state index contributed by atoms with van der Waals surface area (Å²) in [5.74, 6) is -0.989. The van der Waals surface area contributed by atoms with Gasteiger partial charge in [-0.3, -0.25) is 4.79 Å². The van der Waals surface area contributed by atoms with E-state index in [4.69, 9.17) is 10.2 Å². The Labute approximate surface area is 211 Å². The molecule has 6 aromatic rings. The first-order valence-electron chi connectivity index (χ1n) is 12.0. The minimum absolute atomic E-state index is 0.211. The number of nitrogens with one attached hydrogen (secondary N) is 1. The second-order valence-electron chi connectivity index (χ2n) is 9.21. The van der Waals surface area contributed by atoms with E-state index >= 15 is 0 Å². The number of aromatic nitrogens is 1. The Kier molecular flexibility index (Phi) is 5.30. The highest BCUT2D eigenvalue weighted by Gasteiger charge is 2.20. The van der Waals surface area contributed by atoms with Crippen molar-refractivity contribution >= 4 is 44.4 Å². The van der Waals surface area contributed by atoms with Crippen molar-refractivity contribution in [3.63, 3.8) is 0 Å². The predicted octanol–water partition coefficient (Wildman–Crippen LogP) is 6.90. The van der Waals surface area contributed by atoms with Gasteiger partial charge >= 0.3 is 0 Å². The summed E-state index contributed by atoms with van der Waals surface area (Å²) in [7, 11) is 0. The molecule has 3 aromatic heterocycles. The molecule has 37 heavy (non-hydrogen) atoms. The van der Waals surface area contributed by atoms with Crippen molar-refractivity contribution in [3.8, 4) is 11.1 Å². The summed E-state index contributed by atoms with van der Waals surface area (Å²) >= 11 is 0. The van der Waals surface area contributed by atoms with Crippen molar-refractivity contribution < 1.29 is 18.0 Å². The molecule has 0 atom stereocenters. The van der Waals surface area contributed by atoms with Crippen molar-refractivity contribution in [2.24, 2.45) is 0 Å². The van der Waals surface area contributed by atoms with Crippen LogP contribution in [0.25, 0.3) is 43.8 Å². The third-order valence-electron chi connectivity index (χ3n) is 6.98. The Morgan fingerprint density at radius 1 is 0.946 bits per heavy atom. The van der Waals surface area contributed by atoms with Gasteiger partial charge in [0.1, 0.15) is 28.6 Å².